The number of aromatic amines is 1. The summed E-state index contributed by atoms with van der Waals surface area (Å²) < 4.78 is 5.67. The van der Waals surface area contributed by atoms with E-state index in [0.717, 1.165) is 42.0 Å². The van der Waals surface area contributed by atoms with Crippen molar-refractivity contribution in [2.24, 2.45) is 0 Å². The zero-order valence-corrected chi connectivity index (χ0v) is 15.4. The average Bonchev–Trinajstić information content (AvgIpc) is 3.40. The van der Waals surface area contributed by atoms with E-state index in [9.17, 15) is 0 Å². The van der Waals surface area contributed by atoms with E-state index in [1.165, 1.54) is 0 Å². The number of imidazole rings is 1. The maximum absolute atomic E-state index is 6.09. The Morgan fingerprint density at radius 2 is 2.15 bits per heavy atom. The fraction of sp³-hybridized carbons (Fsp3) is 0.263. The predicted molar refractivity (Wildman–Crippen MR) is 103 cm³/mol. The predicted octanol–water partition coefficient (Wildman–Crippen LogP) is 4.31. The highest BCUT2D eigenvalue weighted by Crippen LogP contribution is 2.34. The molecule has 0 amide bonds. The van der Waals surface area contributed by atoms with Crippen LogP contribution in [0.5, 0.6) is 0 Å². The standard InChI is InChI=1S/C19H17ClN6O/c1-11-4-7-17(27-11)15-10-21-25-19(24-15)26-8-2-3-16(26)18-22-13-6-5-12(20)9-14(13)23-18/h4-7,9-10,16H,2-3,8H2,1H3,(H,22,23)/t16-/m1/s1. The molecule has 0 aliphatic carbocycles. The van der Waals surface area contributed by atoms with E-state index in [4.69, 9.17) is 21.0 Å². The van der Waals surface area contributed by atoms with Gasteiger partial charge in [0, 0.05) is 11.6 Å². The molecule has 0 bridgehead atoms. The van der Waals surface area contributed by atoms with Crippen molar-refractivity contribution >= 4 is 28.6 Å². The lowest BCUT2D eigenvalue weighted by Crippen LogP contribution is -2.25. The van der Waals surface area contributed by atoms with Crippen LogP contribution in [0.2, 0.25) is 5.02 Å². The lowest BCUT2D eigenvalue weighted by Gasteiger charge is -2.22. The molecule has 0 spiro atoms. The molecule has 1 aliphatic heterocycles. The number of fused-ring (bicyclic) bond motifs is 1. The molecule has 8 heteroatoms. The molecule has 4 heterocycles. The SMILES string of the molecule is Cc1ccc(-c2cnnc(N3CCC[C@@H]3c3nc4ccc(Cl)cc4[nH]3)n2)o1. The Kier molecular flexibility index (Phi) is 3.82. The van der Waals surface area contributed by atoms with Gasteiger partial charge in [0.1, 0.15) is 17.3 Å². The van der Waals surface area contributed by atoms with E-state index in [2.05, 4.69) is 25.1 Å². The summed E-state index contributed by atoms with van der Waals surface area (Å²) in [5.41, 5.74) is 2.51. The van der Waals surface area contributed by atoms with Gasteiger partial charge in [0.05, 0.1) is 23.3 Å². The van der Waals surface area contributed by atoms with Crippen molar-refractivity contribution in [2.45, 2.75) is 25.8 Å². The van der Waals surface area contributed by atoms with Crippen molar-refractivity contribution in [1.29, 1.82) is 0 Å². The molecule has 1 saturated heterocycles. The zero-order chi connectivity index (χ0) is 18.4. The van der Waals surface area contributed by atoms with Crippen molar-refractivity contribution in [3.63, 3.8) is 0 Å². The first-order valence-corrected chi connectivity index (χ1v) is 9.23. The molecule has 1 atom stereocenters. The van der Waals surface area contributed by atoms with Crippen LogP contribution in [-0.2, 0) is 0 Å². The zero-order valence-electron chi connectivity index (χ0n) is 14.7. The van der Waals surface area contributed by atoms with Crippen LogP contribution in [0.1, 0.15) is 30.5 Å². The van der Waals surface area contributed by atoms with Gasteiger partial charge in [0.25, 0.3) is 0 Å². The largest absolute Gasteiger partial charge is 0.460 e. The van der Waals surface area contributed by atoms with Crippen LogP contribution in [0.3, 0.4) is 0 Å². The molecule has 4 aromatic rings. The number of anilines is 1. The fourth-order valence-corrected chi connectivity index (χ4v) is 3.73. The molecule has 136 valence electrons. The third kappa shape index (κ3) is 2.94. The van der Waals surface area contributed by atoms with E-state index in [1.807, 2.05) is 37.3 Å². The van der Waals surface area contributed by atoms with Crippen LogP contribution in [-0.4, -0.2) is 31.7 Å². The smallest absolute Gasteiger partial charge is 0.246 e. The number of hydrogen-bond acceptors (Lipinski definition) is 6. The highest BCUT2D eigenvalue weighted by molar-refractivity contribution is 6.31. The second-order valence-corrected chi connectivity index (χ2v) is 7.12. The normalized spacial score (nSPS) is 17.1. The molecular formula is C19H17ClN6O. The van der Waals surface area contributed by atoms with Gasteiger partial charge in [0.2, 0.25) is 5.95 Å². The molecule has 0 radical (unpaired) electrons. The summed E-state index contributed by atoms with van der Waals surface area (Å²) in [6.07, 6.45) is 3.63. The molecule has 27 heavy (non-hydrogen) atoms. The monoisotopic (exact) mass is 380 g/mol. The number of aryl methyl sites for hydroxylation is 1. The van der Waals surface area contributed by atoms with Crippen molar-refractivity contribution in [1.82, 2.24) is 25.1 Å². The van der Waals surface area contributed by atoms with Crippen molar-refractivity contribution in [3.05, 3.63) is 53.1 Å². The van der Waals surface area contributed by atoms with E-state index >= 15 is 0 Å². The molecule has 1 N–H and O–H groups in total. The van der Waals surface area contributed by atoms with Crippen molar-refractivity contribution in [2.75, 3.05) is 11.4 Å². The first-order valence-electron chi connectivity index (χ1n) is 8.86. The average molecular weight is 381 g/mol. The number of furan rings is 1. The summed E-state index contributed by atoms with van der Waals surface area (Å²) in [6, 6.07) is 9.55. The summed E-state index contributed by atoms with van der Waals surface area (Å²) in [7, 11) is 0. The Bertz CT molecular complexity index is 1120. The number of nitrogens with one attached hydrogen (secondary N) is 1. The molecule has 0 saturated carbocycles. The van der Waals surface area contributed by atoms with Gasteiger partial charge in [0.15, 0.2) is 5.76 Å². The first kappa shape index (κ1) is 16.3. The first-order chi connectivity index (χ1) is 13.2. The number of aromatic nitrogens is 5. The summed E-state index contributed by atoms with van der Waals surface area (Å²) in [5, 5.41) is 9.08. The lowest BCUT2D eigenvalue weighted by atomic mass is 10.2. The highest BCUT2D eigenvalue weighted by atomic mass is 35.5. The molecule has 3 aromatic heterocycles. The van der Waals surface area contributed by atoms with Gasteiger partial charge in [-0.25, -0.2) is 9.97 Å². The van der Waals surface area contributed by atoms with E-state index in [1.54, 1.807) is 6.20 Å². The molecular weight excluding hydrogens is 364 g/mol. The lowest BCUT2D eigenvalue weighted by molar-refractivity contribution is 0.545. The summed E-state index contributed by atoms with van der Waals surface area (Å²) in [4.78, 5) is 15.0. The fourth-order valence-electron chi connectivity index (χ4n) is 3.56. The third-order valence-electron chi connectivity index (χ3n) is 4.83. The van der Waals surface area contributed by atoms with Gasteiger partial charge in [-0.1, -0.05) is 11.6 Å². The van der Waals surface area contributed by atoms with Gasteiger partial charge in [-0.2, -0.15) is 5.10 Å². The maximum atomic E-state index is 6.09. The van der Waals surface area contributed by atoms with Crippen LogP contribution >= 0.6 is 11.6 Å². The molecule has 1 aromatic carbocycles. The van der Waals surface area contributed by atoms with Crippen LogP contribution < -0.4 is 4.90 Å². The van der Waals surface area contributed by atoms with Crippen LogP contribution in [0.25, 0.3) is 22.5 Å². The summed E-state index contributed by atoms with van der Waals surface area (Å²) in [5.74, 6) is 3.01. The van der Waals surface area contributed by atoms with E-state index < -0.39 is 0 Å². The Labute approximate surface area is 160 Å². The van der Waals surface area contributed by atoms with Crippen molar-refractivity contribution < 1.29 is 4.42 Å². The summed E-state index contributed by atoms with van der Waals surface area (Å²) in [6.45, 7) is 2.76. The number of H-pyrrole nitrogens is 1. The van der Waals surface area contributed by atoms with Crippen LogP contribution in [0.15, 0.2) is 40.9 Å². The number of nitrogens with zero attached hydrogens (tertiary/aromatic N) is 5. The topological polar surface area (TPSA) is 83.7 Å². The van der Waals surface area contributed by atoms with Gasteiger partial charge >= 0.3 is 0 Å². The molecule has 5 rings (SSSR count). The highest BCUT2D eigenvalue weighted by Gasteiger charge is 2.31. The van der Waals surface area contributed by atoms with E-state index in [-0.39, 0.29) is 6.04 Å². The molecule has 7 nitrogen and oxygen atoms in total. The van der Waals surface area contributed by atoms with Crippen molar-refractivity contribution in [3.8, 4) is 11.5 Å². The second-order valence-electron chi connectivity index (χ2n) is 6.69. The number of hydrogen-bond donors (Lipinski definition) is 1. The number of rotatable bonds is 3. The maximum Gasteiger partial charge on any atom is 0.246 e. The van der Waals surface area contributed by atoms with Crippen LogP contribution in [0.4, 0.5) is 5.95 Å². The molecule has 1 fully saturated rings. The molecule has 0 unspecified atom stereocenters. The third-order valence-corrected chi connectivity index (χ3v) is 5.06. The second kappa shape index (κ2) is 6.35. The summed E-state index contributed by atoms with van der Waals surface area (Å²) >= 11 is 6.09. The minimum atomic E-state index is 0.0755. The Balaban J connectivity index is 1.50. The van der Waals surface area contributed by atoms with Gasteiger partial charge in [-0.15, -0.1) is 5.10 Å². The van der Waals surface area contributed by atoms with E-state index in [0.29, 0.717) is 22.4 Å². The van der Waals surface area contributed by atoms with Gasteiger partial charge in [-0.3, -0.25) is 0 Å². The number of benzene rings is 1. The molecule has 1 aliphatic rings. The van der Waals surface area contributed by atoms with Gasteiger partial charge in [-0.05, 0) is 50.1 Å². The number of halogens is 1. The Morgan fingerprint density at radius 1 is 1.22 bits per heavy atom. The minimum Gasteiger partial charge on any atom is -0.460 e. The Morgan fingerprint density at radius 3 is 3.00 bits per heavy atom. The quantitative estimate of drug-likeness (QED) is 0.570. The Hall–Kier alpha value is -2.93. The minimum absolute atomic E-state index is 0.0755. The van der Waals surface area contributed by atoms with Crippen LogP contribution in [0, 0.1) is 6.92 Å². The van der Waals surface area contributed by atoms with Gasteiger partial charge < -0.3 is 14.3 Å².